The van der Waals surface area contributed by atoms with Crippen LogP contribution in [0.3, 0.4) is 0 Å². The molecule has 5 nitrogen and oxygen atoms in total. The normalized spacial score (nSPS) is 12.6. The lowest BCUT2D eigenvalue weighted by molar-refractivity contribution is 0.318. The van der Waals surface area contributed by atoms with Crippen LogP contribution in [-0.4, -0.2) is 29.6 Å². The van der Waals surface area contributed by atoms with Crippen molar-refractivity contribution in [1.82, 2.24) is 4.98 Å². The molecular weight excluding hydrogens is 216 g/mol. The second-order valence-corrected chi connectivity index (χ2v) is 5.28. The molecule has 1 aromatic heterocycles. The minimum Gasteiger partial charge on any atom is -0.409 e. The van der Waals surface area contributed by atoms with E-state index in [9.17, 15) is 0 Å². The number of nitrogens with zero attached hydrogens (tertiary/aromatic N) is 3. The molecular formula is C12H20N4O. The summed E-state index contributed by atoms with van der Waals surface area (Å²) in [5.41, 5.74) is 6.17. The maximum atomic E-state index is 8.61. The summed E-state index contributed by atoms with van der Waals surface area (Å²) in [6.07, 6.45) is 0. The molecule has 0 atom stereocenters. The van der Waals surface area contributed by atoms with Crippen LogP contribution in [0.25, 0.3) is 0 Å². The highest BCUT2D eigenvalue weighted by molar-refractivity contribution is 5.95. The molecule has 94 valence electrons. The van der Waals surface area contributed by atoms with E-state index in [4.69, 9.17) is 10.9 Å². The summed E-state index contributed by atoms with van der Waals surface area (Å²) < 4.78 is 0. The van der Waals surface area contributed by atoms with Crippen LogP contribution in [0, 0.1) is 5.41 Å². The third kappa shape index (κ3) is 3.94. The molecule has 0 aromatic carbocycles. The van der Waals surface area contributed by atoms with E-state index in [1.165, 1.54) is 0 Å². The number of anilines is 1. The Morgan fingerprint density at radius 2 is 2.12 bits per heavy atom. The summed E-state index contributed by atoms with van der Waals surface area (Å²) in [5.74, 6) is 0.833. The monoisotopic (exact) mass is 236 g/mol. The summed E-state index contributed by atoms with van der Waals surface area (Å²) in [7, 11) is 1.98. The number of hydrogen-bond donors (Lipinski definition) is 2. The Balaban J connectivity index is 2.92. The molecule has 0 aliphatic carbocycles. The number of oxime groups is 1. The van der Waals surface area contributed by atoms with Gasteiger partial charge in [-0.3, -0.25) is 0 Å². The zero-order chi connectivity index (χ0) is 13.1. The van der Waals surface area contributed by atoms with Crippen molar-refractivity contribution >= 4 is 11.7 Å². The molecule has 0 spiro atoms. The average molecular weight is 236 g/mol. The number of hydrogen-bond acceptors (Lipinski definition) is 4. The summed E-state index contributed by atoms with van der Waals surface area (Å²) in [6.45, 7) is 7.37. The molecule has 5 heteroatoms. The van der Waals surface area contributed by atoms with Gasteiger partial charge in [-0.2, -0.15) is 0 Å². The summed E-state index contributed by atoms with van der Waals surface area (Å²) in [5, 5.41) is 11.6. The van der Waals surface area contributed by atoms with E-state index >= 15 is 0 Å². The van der Waals surface area contributed by atoms with Crippen molar-refractivity contribution in [3.8, 4) is 0 Å². The van der Waals surface area contributed by atoms with E-state index in [0.717, 1.165) is 12.4 Å². The topological polar surface area (TPSA) is 74.7 Å². The third-order valence-electron chi connectivity index (χ3n) is 2.21. The van der Waals surface area contributed by atoms with Gasteiger partial charge in [0.25, 0.3) is 0 Å². The third-order valence-corrected chi connectivity index (χ3v) is 2.21. The van der Waals surface area contributed by atoms with Gasteiger partial charge in [0.1, 0.15) is 11.5 Å². The van der Waals surface area contributed by atoms with Crippen LogP contribution in [0.4, 0.5) is 5.82 Å². The minimum atomic E-state index is 0.0241. The van der Waals surface area contributed by atoms with E-state index in [1.807, 2.05) is 24.1 Å². The molecule has 1 rings (SSSR count). The fourth-order valence-electron chi connectivity index (χ4n) is 1.62. The molecule has 0 fully saturated rings. The lowest BCUT2D eigenvalue weighted by Crippen LogP contribution is -2.30. The molecule has 0 bridgehead atoms. The highest BCUT2D eigenvalue weighted by Crippen LogP contribution is 2.18. The van der Waals surface area contributed by atoms with Crippen molar-refractivity contribution in [2.45, 2.75) is 20.8 Å². The van der Waals surface area contributed by atoms with Crippen LogP contribution in [0.2, 0.25) is 0 Å². The first-order valence-corrected chi connectivity index (χ1v) is 5.49. The molecule has 0 aliphatic rings. The van der Waals surface area contributed by atoms with Crippen molar-refractivity contribution < 1.29 is 5.21 Å². The van der Waals surface area contributed by atoms with Crippen LogP contribution in [0.15, 0.2) is 23.4 Å². The maximum absolute atomic E-state index is 8.61. The van der Waals surface area contributed by atoms with Gasteiger partial charge in [0.05, 0.1) is 0 Å². The van der Waals surface area contributed by atoms with Gasteiger partial charge in [-0.05, 0) is 17.5 Å². The Hall–Kier alpha value is -1.78. The summed E-state index contributed by atoms with van der Waals surface area (Å²) in [6, 6.07) is 5.46. The lowest BCUT2D eigenvalue weighted by atomic mass is 9.96. The van der Waals surface area contributed by atoms with E-state index < -0.39 is 0 Å². The van der Waals surface area contributed by atoms with Gasteiger partial charge >= 0.3 is 0 Å². The number of aromatic nitrogens is 1. The molecule has 0 amide bonds. The second kappa shape index (κ2) is 5.03. The molecule has 0 saturated carbocycles. The molecule has 0 unspecified atom stereocenters. The molecule has 3 N–H and O–H groups in total. The number of nitrogens with two attached hydrogens (primary N) is 1. The first kappa shape index (κ1) is 13.3. The SMILES string of the molecule is CN(CC(C)(C)C)c1cccc(C(N)=NO)n1. The fraction of sp³-hybridized carbons (Fsp3) is 0.500. The van der Waals surface area contributed by atoms with Crippen molar-refractivity contribution in [2.24, 2.45) is 16.3 Å². The zero-order valence-corrected chi connectivity index (χ0v) is 10.8. The highest BCUT2D eigenvalue weighted by atomic mass is 16.4. The Labute approximate surface area is 102 Å². The van der Waals surface area contributed by atoms with Crippen LogP contribution >= 0.6 is 0 Å². The van der Waals surface area contributed by atoms with Crippen LogP contribution in [0.1, 0.15) is 26.5 Å². The average Bonchev–Trinajstić information content (AvgIpc) is 2.26. The van der Waals surface area contributed by atoms with E-state index in [0.29, 0.717) is 5.69 Å². The Morgan fingerprint density at radius 3 is 2.65 bits per heavy atom. The molecule has 0 radical (unpaired) electrons. The maximum Gasteiger partial charge on any atom is 0.188 e. The molecule has 1 heterocycles. The van der Waals surface area contributed by atoms with Gasteiger partial charge in [-0.1, -0.05) is 32.0 Å². The lowest BCUT2D eigenvalue weighted by Gasteiger charge is -2.27. The first-order chi connectivity index (χ1) is 7.83. The van der Waals surface area contributed by atoms with E-state index in [-0.39, 0.29) is 11.3 Å². The minimum absolute atomic E-state index is 0.0241. The van der Waals surface area contributed by atoms with Crippen LogP contribution in [-0.2, 0) is 0 Å². The Morgan fingerprint density at radius 1 is 1.47 bits per heavy atom. The first-order valence-electron chi connectivity index (χ1n) is 5.49. The quantitative estimate of drug-likeness (QED) is 0.362. The highest BCUT2D eigenvalue weighted by Gasteiger charge is 2.15. The van der Waals surface area contributed by atoms with E-state index in [1.54, 1.807) is 6.07 Å². The van der Waals surface area contributed by atoms with Gasteiger partial charge in [0, 0.05) is 13.6 Å². The van der Waals surface area contributed by atoms with E-state index in [2.05, 4.69) is 30.9 Å². The van der Waals surface area contributed by atoms with Gasteiger partial charge in [0.2, 0.25) is 0 Å². The molecule has 0 saturated heterocycles. The van der Waals surface area contributed by atoms with Gasteiger partial charge in [-0.15, -0.1) is 0 Å². The van der Waals surface area contributed by atoms with Gasteiger partial charge in [0.15, 0.2) is 5.84 Å². The van der Waals surface area contributed by atoms with Crippen molar-refractivity contribution in [3.63, 3.8) is 0 Å². The van der Waals surface area contributed by atoms with Crippen LogP contribution in [0.5, 0.6) is 0 Å². The van der Waals surface area contributed by atoms with Gasteiger partial charge in [-0.25, -0.2) is 4.98 Å². The van der Waals surface area contributed by atoms with Crippen molar-refractivity contribution in [3.05, 3.63) is 23.9 Å². The molecule has 1 aromatic rings. The standard InChI is InChI=1S/C12H20N4O/c1-12(2,3)8-16(4)10-7-5-6-9(14-10)11(13)15-17/h5-7,17H,8H2,1-4H3,(H2,13,15). The van der Waals surface area contributed by atoms with Crippen molar-refractivity contribution in [2.75, 3.05) is 18.5 Å². The fourth-order valence-corrected chi connectivity index (χ4v) is 1.62. The van der Waals surface area contributed by atoms with Crippen molar-refractivity contribution in [1.29, 1.82) is 0 Å². The molecule has 0 aliphatic heterocycles. The van der Waals surface area contributed by atoms with Crippen LogP contribution < -0.4 is 10.6 Å². The smallest absolute Gasteiger partial charge is 0.188 e. The summed E-state index contributed by atoms with van der Waals surface area (Å²) >= 11 is 0. The number of rotatable bonds is 3. The second-order valence-electron chi connectivity index (χ2n) is 5.28. The largest absolute Gasteiger partial charge is 0.409 e. The predicted molar refractivity (Wildman–Crippen MR) is 69.5 cm³/mol. The Kier molecular flexibility index (Phi) is 3.93. The molecule has 17 heavy (non-hydrogen) atoms. The number of pyridine rings is 1. The van der Waals surface area contributed by atoms with Gasteiger partial charge < -0.3 is 15.8 Å². The predicted octanol–water partition coefficient (Wildman–Crippen LogP) is 1.66. The zero-order valence-electron chi connectivity index (χ0n) is 10.8. The Bertz CT molecular complexity index is 409. The summed E-state index contributed by atoms with van der Waals surface area (Å²) in [4.78, 5) is 6.39. The number of amidine groups is 1.